The number of furan rings is 1. The van der Waals surface area contributed by atoms with Crippen LogP contribution in [0.15, 0.2) is 45.9 Å². The number of carbonyl (C=O) groups excluding carboxylic acids is 2. The normalized spacial score (nSPS) is 10.9. The number of aryl methyl sites for hydroxylation is 1. The van der Waals surface area contributed by atoms with E-state index in [4.69, 9.17) is 9.56 Å². The highest BCUT2D eigenvalue weighted by molar-refractivity contribution is 7.89. The quantitative estimate of drug-likeness (QED) is 0.609. The minimum absolute atomic E-state index is 0.0767. The second kappa shape index (κ2) is 6.50. The Morgan fingerprint density at radius 2 is 1.74 bits per heavy atom. The van der Waals surface area contributed by atoms with Crippen LogP contribution in [0.25, 0.3) is 0 Å². The molecule has 0 aliphatic rings. The van der Waals surface area contributed by atoms with Crippen molar-refractivity contribution < 1.29 is 22.4 Å². The van der Waals surface area contributed by atoms with Crippen molar-refractivity contribution in [2.24, 2.45) is 5.14 Å². The van der Waals surface area contributed by atoms with Crippen LogP contribution in [0.4, 0.5) is 10.5 Å². The summed E-state index contributed by atoms with van der Waals surface area (Å²) in [6.07, 6.45) is 1.36. The van der Waals surface area contributed by atoms with E-state index in [-0.39, 0.29) is 4.90 Å². The van der Waals surface area contributed by atoms with Crippen LogP contribution in [0.5, 0.6) is 0 Å². The minimum Gasteiger partial charge on any atom is -0.469 e. The molecule has 1 heterocycles. The average molecular weight is 338 g/mol. The fourth-order valence-corrected chi connectivity index (χ4v) is 2.21. The van der Waals surface area contributed by atoms with Gasteiger partial charge in [-0.1, -0.05) is 0 Å². The number of rotatable bonds is 3. The number of sulfonamides is 1. The lowest BCUT2D eigenvalue weighted by atomic mass is 10.2. The van der Waals surface area contributed by atoms with Crippen molar-refractivity contribution in [1.29, 1.82) is 0 Å². The number of hydrogen-bond acceptors (Lipinski definition) is 5. The van der Waals surface area contributed by atoms with Gasteiger partial charge in [0, 0.05) is 5.69 Å². The molecule has 5 N–H and O–H groups in total. The molecule has 1 aromatic heterocycles. The number of hydrogen-bond donors (Lipinski definition) is 4. The first kappa shape index (κ1) is 16.5. The Balaban J connectivity index is 1.90. The Morgan fingerprint density at radius 1 is 1.09 bits per heavy atom. The van der Waals surface area contributed by atoms with E-state index in [0.717, 1.165) is 0 Å². The first-order valence-electron chi connectivity index (χ1n) is 6.31. The Kier molecular flexibility index (Phi) is 4.67. The van der Waals surface area contributed by atoms with Crippen molar-refractivity contribution in [2.45, 2.75) is 11.8 Å². The molecule has 0 fully saturated rings. The zero-order valence-electron chi connectivity index (χ0n) is 12.0. The topological polar surface area (TPSA) is 144 Å². The van der Waals surface area contributed by atoms with Gasteiger partial charge in [0.05, 0.1) is 16.7 Å². The Hall–Kier alpha value is -2.85. The molecule has 0 unspecified atom stereocenters. The lowest BCUT2D eigenvalue weighted by Gasteiger charge is -2.09. The number of amides is 3. The molecule has 0 saturated carbocycles. The van der Waals surface area contributed by atoms with Gasteiger partial charge in [0.1, 0.15) is 5.76 Å². The fraction of sp³-hybridized carbons (Fsp3) is 0.0769. The summed E-state index contributed by atoms with van der Waals surface area (Å²) in [6.45, 7) is 1.61. The second-order valence-corrected chi connectivity index (χ2v) is 6.05. The third-order valence-electron chi connectivity index (χ3n) is 2.83. The molecule has 122 valence electrons. The molecule has 0 radical (unpaired) electrons. The van der Waals surface area contributed by atoms with Gasteiger partial charge in [-0.25, -0.2) is 23.8 Å². The number of nitrogens with two attached hydrogens (primary N) is 1. The van der Waals surface area contributed by atoms with E-state index in [1.807, 2.05) is 0 Å². The molecule has 0 atom stereocenters. The van der Waals surface area contributed by atoms with Gasteiger partial charge < -0.3 is 9.73 Å². The molecule has 2 rings (SSSR count). The van der Waals surface area contributed by atoms with Crippen molar-refractivity contribution in [3.05, 3.63) is 47.9 Å². The Labute approximate surface area is 131 Å². The van der Waals surface area contributed by atoms with Gasteiger partial charge in [0.15, 0.2) is 0 Å². The van der Waals surface area contributed by atoms with Crippen molar-refractivity contribution >= 4 is 27.6 Å². The number of nitrogens with one attached hydrogen (secondary N) is 3. The summed E-state index contributed by atoms with van der Waals surface area (Å²) in [6, 6.07) is 5.98. The van der Waals surface area contributed by atoms with Gasteiger partial charge in [-0.3, -0.25) is 10.2 Å². The summed E-state index contributed by atoms with van der Waals surface area (Å²) in [5.41, 5.74) is 4.98. The van der Waals surface area contributed by atoms with Gasteiger partial charge in [0.25, 0.3) is 5.91 Å². The number of benzene rings is 1. The van der Waals surface area contributed by atoms with Crippen molar-refractivity contribution in [3.63, 3.8) is 0 Å². The number of hydrazine groups is 1. The van der Waals surface area contributed by atoms with Crippen LogP contribution in [-0.4, -0.2) is 20.4 Å². The Bertz CT molecular complexity index is 826. The van der Waals surface area contributed by atoms with Crippen molar-refractivity contribution in [3.8, 4) is 0 Å². The molecule has 10 heteroatoms. The van der Waals surface area contributed by atoms with Gasteiger partial charge >= 0.3 is 6.03 Å². The van der Waals surface area contributed by atoms with E-state index >= 15 is 0 Å². The average Bonchev–Trinajstić information content (AvgIpc) is 2.90. The predicted octanol–water partition coefficient (Wildman–Crippen LogP) is 0.702. The maximum Gasteiger partial charge on any atom is 0.337 e. The van der Waals surface area contributed by atoms with Crippen LogP contribution in [-0.2, 0) is 10.0 Å². The zero-order valence-corrected chi connectivity index (χ0v) is 12.8. The summed E-state index contributed by atoms with van der Waals surface area (Å²) in [4.78, 5) is 23.3. The molecule has 2 aromatic rings. The lowest BCUT2D eigenvalue weighted by Crippen LogP contribution is -2.44. The minimum atomic E-state index is -3.79. The van der Waals surface area contributed by atoms with E-state index < -0.39 is 22.0 Å². The molecule has 1 aromatic carbocycles. The molecule has 9 nitrogen and oxygen atoms in total. The molecular formula is C13H14N4O5S. The van der Waals surface area contributed by atoms with E-state index in [9.17, 15) is 18.0 Å². The number of anilines is 1. The van der Waals surface area contributed by atoms with E-state index in [1.54, 1.807) is 6.92 Å². The molecule has 23 heavy (non-hydrogen) atoms. The van der Waals surface area contributed by atoms with Crippen molar-refractivity contribution in [2.75, 3.05) is 5.32 Å². The molecule has 0 spiro atoms. The SMILES string of the molecule is Cc1occc1C(=O)NNC(=O)Nc1ccc(S(N)(=O)=O)cc1. The smallest absolute Gasteiger partial charge is 0.337 e. The van der Waals surface area contributed by atoms with E-state index in [2.05, 4.69) is 16.2 Å². The van der Waals surface area contributed by atoms with Crippen molar-refractivity contribution in [1.82, 2.24) is 10.9 Å². The van der Waals surface area contributed by atoms with Gasteiger partial charge in [-0.2, -0.15) is 0 Å². The molecule has 0 aliphatic carbocycles. The first-order chi connectivity index (χ1) is 10.8. The van der Waals surface area contributed by atoms with Crippen LogP contribution in [0.3, 0.4) is 0 Å². The second-order valence-electron chi connectivity index (χ2n) is 4.49. The Morgan fingerprint density at radius 3 is 2.26 bits per heavy atom. The molecule has 3 amide bonds. The van der Waals surface area contributed by atoms with Crippen LogP contribution in [0.2, 0.25) is 0 Å². The number of primary sulfonamides is 1. The highest BCUT2D eigenvalue weighted by Crippen LogP contribution is 2.12. The largest absolute Gasteiger partial charge is 0.469 e. The van der Waals surface area contributed by atoms with Crippen LogP contribution >= 0.6 is 0 Å². The summed E-state index contributed by atoms with van der Waals surface area (Å²) in [7, 11) is -3.79. The van der Waals surface area contributed by atoms with Crippen LogP contribution in [0, 0.1) is 6.92 Å². The third-order valence-corrected chi connectivity index (χ3v) is 3.76. The van der Waals surface area contributed by atoms with Crippen LogP contribution < -0.4 is 21.3 Å². The summed E-state index contributed by atoms with van der Waals surface area (Å²) >= 11 is 0. The summed E-state index contributed by atoms with van der Waals surface area (Å²) < 4.78 is 27.2. The first-order valence-corrected chi connectivity index (χ1v) is 7.86. The third kappa shape index (κ3) is 4.31. The maximum atomic E-state index is 11.7. The fourth-order valence-electron chi connectivity index (χ4n) is 1.69. The lowest BCUT2D eigenvalue weighted by molar-refractivity contribution is 0.0936. The molecule has 0 aliphatic heterocycles. The van der Waals surface area contributed by atoms with E-state index in [0.29, 0.717) is 17.0 Å². The van der Waals surface area contributed by atoms with Gasteiger partial charge in [-0.15, -0.1) is 0 Å². The predicted molar refractivity (Wildman–Crippen MR) is 80.9 cm³/mol. The summed E-state index contributed by atoms with van der Waals surface area (Å²) in [5.74, 6) is -0.112. The van der Waals surface area contributed by atoms with Gasteiger partial charge in [-0.05, 0) is 37.3 Å². The zero-order chi connectivity index (χ0) is 17.0. The molecule has 0 bridgehead atoms. The molecule has 0 saturated heterocycles. The summed E-state index contributed by atoms with van der Waals surface area (Å²) in [5, 5.41) is 7.38. The number of carbonyl (C=O) groups is 2. The van der Waals surface area contributed by atoms with Gasteiger partial charge in [0.2, 0.25) is 10.0 Å². The van der Waals surface area contributed by atoms with E-state index in [1.165, 1.54) is 36.6 Å². The highest BCUT2D eigenvalue weighted by Gasteiger charge is 2.12. The molecular weight excluding hydrogens is 324 g/mol. The number of urea groups is 1. The highest BCUT2D eigenvalue weighted by atomic mass is 32.2. The van der Waals surface area contributed by atoms with Crippen LogP contribution in [0.1, 0.15) is 16.1 Å². The monoisotopic (exact) mass is 338 g/mol. The maximum absolute atomic E-state index is 11.7. The standard InChI is InChI=1S/C13H14N4O5S/c1-8-11(6-7-22-8)12(18)16-17-13(19)15-9-2-4-10(5-3-9)23(14,20)21/h2-7H,1H3,(H,16,18)(H2,14,20,21)(H2,15,17,19).